The lowest BCUT2D eigenvalue weighted by atomic mass is 9.63. The second-order valence-electron chi connectivity index (χ2n) is 7.43. The molecule has 3 atom stereocenters. The van der Waals surface area contributed by atoms with Crippen LogP contribution in [0.5, 0.6) is 0 Å². The van der Waals surface area contributed by atoms with Crippen molar-refractivity contribution in [3.05, 3.63) is 23.3 Å². The van der Waals surface area contributed by atoms with Crippen LogP contribution in [0.4, 0.5) is 0 Å². The minimum Gasteiger partial charge on any atom is -0.329 e. The SMILES string of the molecule is O=C1C[C@@]23C=C[C@@H](C[C@@]24C2=C(CCN14)COC1(C2)OCCO1)OO3. The third kappa shape index (κ3) is 1.45. The number of fused-ring (bicyclic) bond motifs is 1. The average Bonchev–Trinajstić information content (AvgIpc) is 3.15. The van der Waals surface area contributed by atoms with Gasteiger partial charge in [0.15, 0.2) is 5.60 Å². The van der Waals surface area contributed by atoms with Crippen LogP contribution >= 0.6 is 0 Å². The lowest BCUT2D eigenvalue weighted by molar-refractivity contribution is -0.414. The van der Waals surface area contributed by atoms with Crippen LogP contribution in [0.1, 0.15) is 25.7 Å². The highest BCUT2D eigenvalue weighted by Gasteiger charge is 2.71. The standard InChI is InChI=1S/C17H19NO6/c19-14-9-15-3-1-12(23-24-15)7-16(15)13-8-17(20-5-6-21-17)22-10-11(13)2-4-18(14)16/h1,3,12H,2,4-10H2/t12-,15-,16+/m0/s1. The zero-order chi connectivity index (χ0) is 16.0. The molecule has 6 aliphatic heterocycles. The molecule has 128 valence electrons. The van der Waals surface area contributed by atoms with Gasteiger partial charge < -0.3 is 19.1 Å². The Labute approximate surface area is 139 Å². The molecule has 3 spiro atoms. The summed E-state index contributed by atoms with van der Waals surface area (Å²) in [6.45, 7) is 2.27. The Bertz CT molecular complexity index is 695. The van der Waals surface area contributed by atoms with Crippen LogP contribution in [0.2, 0.25) is 0 Å². The van der Waals surface area contributed by atoms with Crippen molar-refractivity contribution in [1.29, 1.82) is 0 Å². The van der Waals surface area contributed by atoms with Crippen molar-refractivity contribution in [2.75, 3.05) is 26.4 Å². The minimum atomic E-state index is -0.995. The number of carbonyl (C=O) groups excluding carboxylic acids is 1. The van der Waals surface area contributed by atoms with Crippen molar-refractivity contribution in [1.82, 2.24) is 4.90 Å². The topological polar surface area (TPSA) is 66.5 Å². The highest BCUT2D eigenvalue weighted by Crippen LogP contribution is 2.60. The summed E-state index contributed by atoms with van der Waals surface area (Å²) in [5.74, 6) is -0.865. The van der Waals surface area contributed by atoms with E-state index in [1.807, 2.05) is 17.1 Å². The zero-order valence-electron chi connectivity index (χ0n) is 13.3. The fraction of sp³-hybridized carbons (Fsp3) is 0.706. The van der Waals surface area contributed by atoms with E-state index in [-0.39, 0.29) is 12.0 Å². The van der Waals surface area contributed by atoms with Gasteiger partial charge in [-0.1, -0.05) is 6.08 Å². The Morgan fingerprint density at radius 2 is 2.04 bits per heavy atom. The predicted octanol–water partition coefficient (Wildman–Crippen LogP) is 0.808. The number of ether oxygens (including phenoxy) is 3. The molecule has 3 fully saturated rings. The first kappa shape index (κ1) is 14.0. The minimum absolute atomic E-state index is 0.128. The second kappa shape index (κ2) is 4.28. The average molecular weight is 333 g/mol. The van der Waals surface area contributed by atoms with Crippen LogP contribution in [0.15, 0.2) is 23.3 Å². The van der Waals surface area contributed by atoms with Gasteiger partial charge >= 0.3 is 0 Å². The van der Waals surface area contributed by atoms with Gasteiger partial charge in [0, 0.05) is 13.0 Å². The molecule has 2 bridgehead atoms. The molecule has 7 heteroatoms. The van der Waals surface area contributed by atoms with Crippen LogP contribution in [0, 0.1) is 0 Å². The van der Waals surface area contributed by atoms with Gasteiger partial charge in [0.1, 0.15) is 11.6 Å². The maximum atomic E-state index is 12.8. The van der Waals surface area contributed by atoms with Crippen molar-refractivity contribution >= 4 is 5.91 Å². The molecule has 7 nitrogen and oxygen atoms in total. The summed E-state index contributed by atoms with van der Waals surface area (Å²) in [6, 6.07) is 0. The Hall–Kier alpha value is -1.25. The van der Waals surface area contributed by atoms with Crippen LogP contribution in [-0.4, -0.2) is 60.4 Å². The number of hydrogen-bond donors (Lipinski definition) is 0. The van der Waals surface area contributed by atoms with Crippen LogP contribution < -0.4 is 0 Å². The number of carbonyl (C=O) groups is 1. The summed E-state index contributed by atoms with van der Waals surface area (Å²) in [4.78, 5) is 26.1. The molecule has 7 aliphatic rings. The molecule has 0 radical (unpaired) electrons. The van der Waals surface area contributed by atoms with Crippen molar-refractivity contribution in [3.63, 3.8) is 0 Å². The van der Waals surface area contributed by atoms with Crippen molar-refractivity contribution in [2.24, 2.45) is 0 Å². The van der Waals surface area contributed by atoms with Crippen molar-refractivity contribution < 1.29 is 28.8 Å². The van der Waals surface area contributed by atoms with Crippen molar-refractivity contribution in [2.45, 2.75) is 48.9 Å². The summed E-state index contributed by atoms with van der Waals surface area (Å²) in [7, 11) is 0. The summed E-state index contributed by atoms with van der Waals surface area (Å²) in [6.07, 6.45) is 6.35. The van der Waals surface area contributed by atoms with E-state index in [1.54, 1.807) is 0 Å². The molecule has 1 aliphatic carbocycles. The van der Waals surface area contributed by atoms with Gasteiger partial charge in [-0.3, -0.25) is 4.79 Å². The summed E-state index contributed by atoms with van der Waals surface area (Å²) < 4.78 is 17.5. The summed E-state index contributed by atoms with van der Waals surface area (Å²) >= 11 is 0. The molecule has 0 unspecified atom stereocenters. The molecular formula is C17H19NO6. The maximum Gasteiger partial charge on any atom is 0.287 e. The molecule has 3 saturated heterocycles. The van der Waals surface area contributed by atoms with Crippen LogP contribution in [-0.2, 0) is 28.8 Å². The van der Waals surface area contributed by atoms with Gasteiger partial charge in [0.05, 0.1) is 32.7 Å². The fourth-order valence-corrected chi connectivity index (χ4v) is 5.41. The normalized spacial score (nSPS) is 44.9. The maximum absolute atomic E-state index is 12.8. The monoisotopic (exact) mass is 333 g/mol. The summed E-state index contributed by atoms with van der Waals surface area (Å²) in [5, 5.41) is 0. The molecule has 7 rings (SSSR count). The van der Waals surface area contributed by atoms with Gasteiger partial charge in [0.25, 0.3) is 5.97 Å². The van der Waals surface area contributed by atoms with E-state index in [2.05, 4.69) is 0 Å². The second-order valence-corrected chi connectivity index (χ2v) is 7.43. The first-order chi connectivity index (χ1) is 11.7. The number of rotatable bonds is 0. The quantitative estimate of drug-likeness (QED) is 0.483. The van der Waals surface area contributed by atoms with Crippen LogP contribution in [0.3, 0.4) is 0 Å². The number of amides is 1. The van der Waals surface area contributed by atoms with E-state index >= 15 is 0 Å². The van der Waals surface area contributed by atoms with E-state index in [0.717, 1.165) is 12.8 Å². The van der Waals surface area contributed by atoms with Crippen LogP contribution in [0.25, 0.3) is 0 Å². The number of hydrogen-bond acceptors (Lipinski definition) is 6. The van der Waals surface area contributed by atoms with Gasteiger partial charge in [0.2, 0.25) is 5.91 Å². The molecule has 0 aromatic carbocycles. The zero-order valence-corrected chi connectivity index (χ0v) is 13.3. The molecule has 24 heavy (non-hydrogen) atoms. The number of nitrogens with zero attached hydrogens (tertiary/aromatic N) is 1. The van der Waals surface area contributed by atoms with E-state index in [0.29, 0.717) is 39.2 Å². The predicted molar refractivity (Wildman–Crippen MR) is 78.4 cm³/mol. The largest absolute Gasteiger partial charge is 0.329 e. The molecular weight excluding hydrogens is 314 g/mol. The van der Waals surface area contributed by atoms with Gasteiger partial charge in [-0.25, -0.2) is 9.78 Å². The van der Waals surface area contributed by atoms with Gasteiger partial charge in [-0.2, -0.15) is 0 Å². The fourth-order valence-electron chi connectivity index (χ4n) is 5.41. The Morgan fingerprint density at radius 3 is 2.83 bits per heavy atom. The smallest absolute Gasteiger partial charge is 0.287 e. The Balaban J connectivity index is 1.54. The van der Waals surface area contributed by atoms with Gasteiger partial charge in [-0.15, -0.1) is 0 Å². The Morgan fingerprint density at radius 1 is 1.17 bits per heavy atom. The molecule has 0 N–H and O–H groups in total. The molecule has 0 saturated carbocycles. The molecule has 0 aromatic heterocycles. The molecule has 6 heterocycles. The Kier molecular flexibility index (Phi) is 2.50. The molecule has 0 aromatic rings. The highest BCUT2D eigenvalue weighted by atomic mass is 17.2. The highest BCUT2D eigenvalue weighted by molar-refractivity contribution is 5.85. The van der Waals surface area contributed by atoms with E-state index < -0.39 is 17.1 Å². The van der Waals surface area contributed by atoms with E-state index in [1.165, 1.54) is 11.1 Å². The third-order valence-electron chi connectivity index (χ3n) is 6.42. The van der Waals surface area contributed by atoms with E-state index in [4.69, 9.17) is 24.0 Å². The van der Waals surface area contributed by atoms with Crippen molar-refractivity contribution in [3.8, 4) is 0 Å². The first-order valence-electron chi connectivity index (χ1n) is 8.64. The lowest BCUT2D eigenvalue weighted by Crippen LogP contribution is -2.68. The third-order valence-corrected chi connectivity index (χ3v) is 6.42. The summed E-state index contributed by atoms with van der Waals surface area (Å²) in [5.41, 5.74) is 1.23. The first-order valence-corrected chi connectivity index (χ1v) is 8.64. The van der Waals surface area contributed by atoms with E-state index in [9.17, 15) is 4.79 Å². The lowest BCUT2D eigenvalue weighted by Gasteiger charge is -2.58. The molecule has 1 amide bonds. The van der Waals surface area contributed by atoms with Gasteiger partial charge in [-0.05, 0) is 23.6 Å².